The van der Waals surface area contributed by atoms with Crippen molar-refractivity contribution in [1.29, 1.82) is 10.5 Å². The molecule has 0 fully saturated rings. The summed E-state index contributed by atoms with van der Waals surface area (Å²) >= 11 is 21.8. The molecule has 74 heavy (non-hydrogen) atoms. The summed E-state index contributed by atoms with van der Waals surface area (Å²) in [6.07, 6.45) is -10.4. The number of aryl methyl sites for hydroxylation is 2. The molecule has 0 unspecified atom stereocenters. The first-order chi connectivity index (χ1) is 33.8. The number of nitrogen functional groups attached to an aromatic ring is 1. The van der Waals surface area contributed by atoms with Crippen LogP contribution < -0.4 is 15.2 Å². The zero-order valence-electron chi connectivity index (χ0n) is 36.3. The van der Waals surface area contributed by atoms with E-state index in [1.54, 1.807) is 25.3 Å². The molecule has 33 heteroatoms. The predicted octanol–water partition coefficient (Wildman–Crippen LogP) is 11.8. The molecule has 0 aliphatic rings. The number of sulfonamides is 2. The molecule has 0 spiro atoms. The fourth-order valence-electron chi connectivity index (χ4n) is 5.17. The van der Waals surface area contributed by atoms with Gasteiger partial charge in [0.15, 0.2) is 17.1 Å². The number of hydrogen-bond donors (Lipinski definition) is 4. The van der Waals surface area contributed by atoms with E-state index in [4.69, 9.17) is 78.5 Å². The van der Waals surface area contributed by atoms with E-state index in [2.05, 4.69) is 19.7 Å². The number of carboxylic acid groups (broad SMARTS) is 1. The minimum Gasteiger partial charge on any atom is -0.476 e. The van der Waals surface area contributed by atoms with Gasteiger partial charge in [0.2, 0.25) is 0 Å². The maximum absolute atomic E-state index is 12.9. The summed E-state index contributed by atoms with van der Waals surface area (Å²) in [5.41, 5.74) is 2.39. The zero-order valence-corrected chi connectivity index (χ0v) is 42.5. The number of hydrogen-bond acceptors (Lipinski definition) is 13. The lowest BCUT2D eigenvalue weighted by atomic mass is 10.2. The van der Waals surface area contributed by atoms with Crippen LogP contribution in [0.4, 0.5) is 56.6 Å². The molecule has 3 heterocycles. The summed E-state index contributed by atoms with van der Waals surface area (Å²) in [5, 5.41) is 24.4. The van der Waals surface area contributed by atoms with Gasteiger partial charge in [-0.05, 0) is 97.8 Å². The van der Waals surface area contributed by atoms with Crippen LogP contribution in [0.5, 0.6) is 0 Å². The van der Waals surface area contributed by atoms with E-state index >= 15 is 0 Å². The van der Waals surface area contributed by atoms with E-state index in [-0.39, 0.29) is 16.4 Å². The maximum atomic E-state index is 12.9. The molecular weight excluding hydrogens is 1180 g/mol. The standard InChI is InChI=1S/C14H9ClF3N3O2S.C13H7Cl2F3N2O4S.C7H3Cl2F3O2S.C7H7N3/c1-8-4-12(13(6-19)20-7-8)21-24(22,23)9-2-3-11(15)10(5-9)14(16,17)18;14-6-3-10(11(12(21)22)19-5-6)20-25(23,24)7-1-2-9(15)8(4-7)13(16,17)18;8-6-2-1-4(15(9,13)14)3-5(6)7(10,11)12;1-5-2-6(9)7(3-8)10-4-5/h2-5,7,21H,1H3;1-5,20H,(H,21,22);1-3H;2,4H,9H2,1H3. The van der Waals surface area contributed by atoms with E-state index in [1.165, 1.54) is 12.3 Å². The first-order valence-corrected chi connectivity index (χ1v) is 25.6. The number of alkyl halides is 9. The third-order valence-corrected chi connectivity index (χ3v) is 13.7. The Morgan fingerprint density at radius 3 is 1.34 bits per heavy atom. The lowest BCUT2D eigenvalue weighted by Crippen LogP contribution is -2.17. The minimum absolute atomic E-state index is 0.0743. The molecule has 6 aromatic rings. The monoisotopic (exact) mass is 1200 g/mol. The van der Waals surface area contributed by atoms with Crippen LogP contribution in [0.2, 0.25) is 20.1 Å². The van der Waals surface area contributed by atoms with Crippen molar-refractivity contribution in [3.63, 3.8) is 0 Å². The fourth-order valence-corrected chi connectivity index (χ4v) is 8.94. The summed E-state index contributed by atoms with van der Waals surface area (Å²) in [6, 6.07) is 13.9. The molecule has 0 atom stereocenters. The summed E-state index contributed by atoms with van der Waals surface area (Å²) in [6.45, 7) is 3.50. The van der Waals surface area contributed by atoms with Gasteiger partial charge in [-0.15, -0.1) is 0 Å². The Hall–Kier alpha value is -6.37. The van der Waals surface area contributed by atoms with Crippen molar-refractivity contribution in [3.05, 3.63) is 156 Å². The van der Waals surface area contributed by atoms with Crippen LogP contribution in [0.3, 0.4) is 0 Å². The van der Waals surface area contributed by atoms with Crippen molar-refractivity contribution in [2.45, 2.75) is 47.1 Å². The predicted molar refractivity (Wildman–Crippen MR) is 252 cm³/mol. The third kappa shape index (κ3) is 17.4. The molecule has 0 aliphatic carbocycles. The summed E-state index contributed by atoms with van der Waals surface area (Å²) in [5.74, 6) is -1.55. The molecule has 3 aromatic carbocycles. The van der Waals surface area contributed by atoms with E-state index in [1.807, 2.05) is 17.7 Å². The molecule has 0 aliphatic heterocycles. The van der Waals surface area contributed by atoms with E-state index in [0.717, 1.165) is 54.2 Å². The van der Waals surface area contributed by atoms with Crippen LogP contribution in [0.25, 0.3) is 0 Å². The number of benzene rings is 3. The Morgan fingerprint density at radius 1 is 0.581 bits per heavy atom. The Kier molecular flexibility index (Phi) is 20.4. The smallest absolute Gasteiger partial charge is 0.417 e. The molecule has 5 N–H and O–H groups in total. The number of carbonyl (C=O) groups is 1. The van der Waals surface area contributed by atoms with Gasteiger partial charge in [-0.1, -0.05) is 46.4 Å². The van der Waals surface area contributed by atoms with Crippen molar-refractivity contribution in [2.75, 3.05) is 15.2 Å². The number of halogens is 14. The second kappa shape index (κ2) is 24.3. The summed E-state index contributed by atoms with van der Waals surface area (Å²) < 4.78 is 189. The third-order valence-electron chi connectivity index (χ3n) is 8.47. The number of rotatable bonds is 8. The fraction of sp³-hybridized carbons (Fsp3) is 0.122. The van der Waals surface area contributed by atoms with Gasteiger partial charge in [-0.2, -0.15) is 50.0 Å². The molecule has 0 saturated heterocycles. The lowest BCUT2D eigenvalue weighted by molar-refractivity contribution is -0.138. The molecule has 16 nitrogen and oxygen atoms in total. The second-order valence-corrected chi connectivity index (χ2v) is 21.6. The number of anilines is 3. The van der Waals surface area contributed by atoms with Gasteiger partial charge in [0.05, 0.1) is 68.5 Å². The van der Waals surface area contributed by atoms with Gasteiger partial charge < -0.3 is 10.8 Å². The number of pyridine rings is 3. The Balaban J connectivity index is 0.000000274. The highest BCUT2D eigenvalue weighted by atomic mass is 35.7. The number of nitrogens with zero attached hydrogens (tertiary/aromatic N) is 5. The minimum atomic E-state index is -4.87. The summed E-state index contributed by atoms with van der Waals surface area (Å²) in [4.78, 5) is 20.1. The van der Waals surface area contributed by atoms with Crippen molar-refractivity contribution in [1.82, 2.24) is 15.0 Å². The quantitative estimate of drug-likeness (QED) is 0.0815. The van der Waals surface area contributed by atoms with E-state index < -0.39 is 111 Å². The van der Waals surface area contributed by atoms with Crippen molar-refractivity contribution in [3.8, 4) is 12.1 Å². The van der Waals surface area contributed by atoms with E-state index in [9.17, 15) is 69.6 Å². The molecule has 0 amide bonds. The van der Waals surface area contributed by atoms with Crippen LogP contribution in [0.1, 0.15) is 49.7 Å². The molecule has 394 valence electrons. The average Bonchev–Trinajstić information content (AvgIpc) is 3.25. The van der Waals surface area contributed by atoms with Crippen LogP contribution in [0, 0.1) is 36.5 Å². The van der Waals surface area contributed by atoms with Crippen LogP contribution in [-0.4, -0.2) is 51.3 Å². The number of aromatic nitrogens is 3. The first-order valence-electron chi connectivity index (χ1n) is 18.8. The van der Waals surface area contributed by atoms with Gasteiger partial charge >= 0.3 is 24.5 Å². The van der Waals surface area contributed by atoms with Crippen LogP contribution in [0.15, 0.2) is 106 Å². The first kappa shape index (κ1) is 61.9. The topological polar surface area (TPSA) is 276 Å². The van der Waals surface area contributed by atoms with Gasteiger partial charge in [0, 0.05) is 29.3 Å². The number of nitrogens with two attached hydrogens (primary N) is 1. The van der Waals surface area contributed by atoms with Crippen LogP contribution >= 0.6 is 57.1 Å². The maximum Gasteiger partial charge on any atom is 0.417 e. The molecule has 3 aromatic heterocycles. The van der Waals surface area contributed by atoms with Crippen molar-refractivity contribution < 1.29 is 74.7 Å². The number of nitrogens with one attached hydrogen (secondary N) is 2. The zero-order chi connectivity index (χ0) is 56.5. The van der Waals surface area contributed by atoms with E-state index in [0.29, 0.717) is 35.1 Å². The van der Waals surface area contributed by atoms with Gasteiger partial charge in [-0.25, -0.2) is 45.0 Å². The molecular formula is C41H26Cl5F9N8O8S3. The van der Waals surface area contributed by atoms with Crippen molar-refractivity contribution in [2.24, 2.45) is 0 Å². The van der Waals surface area contributed by atoms with Gasteiger partial charge in [-0.3, -0.25) is 9.44 Å². The highest BCUT2D eigenvalue weighted by Gasteiger charge is 2.37. The SMILES string of the molecule is Cc1cnc(C#N)c(N)c1.Cc1cnc(C#N)c(NS(=O)(=O)c2ccc(Cl)c(C(F)(F)F)c2)c1.O=C(O)c1ncc(Cl)cc1NS(=O)(=O)c1ccc(Cl)c(C(F)(F)F)c1.O=S(=O)(Cl)c1ccc(Cl)c(C(F)(F)F)c1. The lowest BCUT2D eigenvalue weighted by Gasteiger charge is -2.13. The highest BCUT2D eigenvalue weighted by Crippen LogP contribution is 2.39. The molecule has 6 rings (SSSR count). The second-order valence-electron chi connectivity index (χ2n) is 14.0. The van der Waals surface area contributed by atoms with Gasteiger partial charge in [0.25, 0.3) is 29.1 Å². The summed E-state index contributed by atoms with van der Waals surface area (Å²) in [7, 11) is -8.21. The van der Waals surface area contributed by atoms with Crippen molar-refractivity contribution >= 4 is 109 Å². The van der Waals surface area contributed by atoms with Crippen LogP contribution in [-0.2, 0) is 47.6 Å². The molecule has 0 saturated carbocycles. The highest BCUT2D eigenvalue weighted by molar-refractivity contribution is 8.13. The largest absolute Gasteiger partial charge is 0.476 e. The normalized spacial score (nSPS) is 11.7. The average molecular weight is 1200 g/mol. The Labute approximate surface area is 437 Å². The molecule has 0 bridgehead atoms. The number of aromatic carboxylic acids is 1. The van der Waals surface area contributed by atoms with Gasteiger partial charge in [0.1, 0.15) is 12.1 Å². The Bertz CT molecular complexity index is 3550. The number of carboxylic acids is 1. The Morgan fingerprint density at radius 2 is 0.959 bits per heavy atom. The number of nitriles is 2. The molecule has 0 radical (unpaired) electrons.